The van der Waals surface area contributed by atoms with E-state index in [9.17, 15) is 26.4 Å². The first-order chi connectivity index (χ1) is 18.0. The predicted molar refractivity (Wildman–Crippen MR) is 148 cm³/mol. The van der Waals surface area contributed by atoms with Crippen LogP contribution in [-0.2, 0) is 30.3 Å². The first-order valence-electron chi connectivity index (χ1n) is 12.9. The quantitative estimate of drug-likeness (QED) is 0.404. The van der Waals surface area contributed by atoms with Crippen LogP contribution < -0.4 is 10.0 Å². The normalized spacial score (nSPS) is 19.7. The van der Waals surface area contributed by atoms with E-state index < -0.39 is 37.2 Å². The van der Waals surface area contributed by atoms with Gasteiger partial charge in [-0.1, -0.05) is 64.3 Å². The number of ketones is 2. The Morgan fingerprint density at radius 3 is 2.34 bits per heavy atom. The molecule has 2 aliphatic rings. The molecular weight excluding hydrogens is 526 g/mol. The molecule has 0 amide bonds. The van der Waals surface area contributed by atoms with Crippen LogP contribution in [0.5, 0.6) is 0 Å². The summed E-state index contributed by atoms with van der Waals surface area (Å²) in [7, 11) is -7.98. The number of Topliss-reactive ketones (excluding diaryl/α,β-unsaturated/α-hetero) is 2. The molecule has 2 N–H and O–H groups in total. The van der Waals surface area contributed by atoms with Gasteiger partial charge < -0.3 is 5.32 Å². The number of nitrogens with one attached hydrogen (secondary N) is 2. The standard InChI is InChI=1S/C27H33N3O6S2/c1-4-7-16-37(33,34)29-18-12-13-21-22(17-18)38(35,36)30-26(28-21)23-24(31)19-10-8-9-11-20(19)27(14-5-2,15-6-3)25(23)32/h8-13,17,23,29H,4-7,14-16H2,1-3H3,(H,28,30). The van der Waals surface area contributed by atoms with Crippen molar-refractivity contribution in [3.8, 4) is 0 Å². The highest BCUT2D eigenvalue weighted by Crippen LogP contribution is 2.45. The van der Waals surface area contributed by atoms with Crippen LogP contribution in [0.1, 0.15) is 75.2 Å². The van der Waals surface area contributed by atoms with Gasteiger partial charge in [0.1, 0.15) is 16.6 Å². The van der Waals surface area contributed by atoms with E-state index in [1.54, 1.807) is 12.1 Å². The van der Waals surface area contributed by atoms with Crippen LogP contribution in [-0.4, -0.2) is 40.0 Å². The molecule has 38 heavy (non-hydrogen) atoms. The predicted octanol–water partition coefficient (Wildman–Crippen LogP) is 4.66. The minimum absolute atomic E-state index is 0.0848. The van der Waals surface area contributed by atoms with Crippen molar-refractivity contribution in [1.82, 2.24) is 0 Å². The molecule has 0 saturated carbocycles. The first-order valence-corrected chi connectivity index (χ1v) is 16.0. The average Bonchev–Trinajstić information content (AvgIpc) is 2.86. The summed E-state index contributed by atoms with van der Waals surface area (Å²) in [6, 6.07) is 11.1. The molecule has 0 aromatic heterocycles. The fourth-order valence-electron chi connectivity index (χ4n) is 5.47. The van der Waals surface area contributed by atoms with Gasteiger partial charge in [0.25, 0.3) is 10.0 Å². The van der Waals surface area contributed by atoms with E-state index in [-0.39, 0.29) is 33.6 Å². The number of rotatable bonds is 10. The summed E-state index contributed by atoms with van der Waals surface area (Å²) in [5.41, 5.74) is 0.390. The zero-order valence-electron chi connectivity index (χ0n) is 21.8. The average molecular weight is 560 g/mol. The highest BCUT2D eigenvalue weighted by atomic mass is 32.2. The van der Waals surface area contributed by atoms with E-state index in [4.69, 9.17) is 0 Å². The Morgan fingerprint density at radius 1 is 1.00 bits per heavy atom. The van der Waals surface area contributed by atoms with Gasteiger partial charge in [0.05, 0.1) is 16.9 Å². The molecule has 1 aliphatic heterocycles. The maximum atomic E-state index is 14.1. The molecule has 9 nitrogen and oxygen atoms in total. The number of hydrogen-bond acceptors (Lipinski definition) is 7. The Kier molecular flexibility index (Phi) is 7.81. The topological polar surface area (TPSA) is 139 Å². The molecule has 0 radical (unpaired) electrons. The second-order valence-electron chi connectivity index (χ2n) is 9.85. The van der Waals surface area contributed by atoms with Gasteiger partial charge in [0.15, 0.2) is 11.6 Å². The second-order valence-corrected chi connectivity index (χ2v) is 13.3. The molecule has 204 valence electrons. The van der Waals surface area contributed by atoms with E-state index in [1.807, 2.05) is 32.9 Å². The van der Waals surface area contributed by atoms with Crippen LogP contribution in [0.2, 0.25) is 0 Å². The van der Waals surface area contributed by atoms with Crippen molar-refractivity contribution in [3.05, 3.63) is 53.6 Å². The zero-order chi connectivity index (χ0) is 27.7. The Morgan fingerprint density at radius 2 is 1.68 bits per heavy atom. The number of carbonyl (C=O) groups excluding carboxylic acids is 2. The molecule has 1 atom stereocenters. The van der Waals surface area contributed by atoms with E-state index in [0.717, 1.165) is 0 Å². The first kappa shape index (κ1) is 28.0. The van der Waals surface area contributed by atoms with Gasteiger partial charge in [0, 0.05) is 11.3 Å². The number of carbonyl (C=O) groups is 2. The Bertz CT molecular complexity index is 1510. The van der Waals surface area contributed by atoms with Crippen LogP contribution >= 0.6 is 0 Å². The van der Waals surface area contributed by atoms with Crippen molar-refractivity contribution in [2.45, 2.75) is 69.6 Å². The number of nitrogens with zero attached hydrogens (tertiary/aromatic N) is 1. The van der Waals surface area contributed by atoms with E-state index in [2.05, 4.69) is 14.4 Å². The van der Waals surface area contributed by atoms with Crippen LogP contribution in [0.4, 0.5) is 11.4 Å². The number of anilines is 2. The van der Waals surface area contributed by atoms with Crippen molar-refractivity contribution in [3.63, 3.8) is 0 Å². The maximum Gasteiger partial charge on any atom is 0.286 e. The van der Waals surface area contributed by atoms with Gasteiger partial charge in [-0.3, -0.25) is 14.3 Å². The summed E-state index contributed by atoms with van der Waals surface area (Å²) in [4.78, 5) is 27.5. The van der Waals surface area contributed by atoms with Gasteiger partial charge in [-0.05, 0) is 43.0 Å². The molecule has 1 heterocycles. The van der Waals surface area contributed by atoms with Gasteiger partial charge in [-0.25, -0.2) is 8.42 Å². The number of sulfonamides is 2. The van der Waals surface area contributed by atoms with Gasteiger partial charge in [0.2, 0.25) is 10.0 Å². The summed E-state index contributed by atoms with van der Waals surface area (Å²) in [6.07, 6.45) is 3.63. The smallest absolute Gasteiger partial charge is 0.286 e. The van der Waals surface area contributed by atoms with Gasteiger partial charge in [-0.2, -0.15) is 8.42 Å². The molecule has 1 unspecified atom stereocenters. The van der Waals surface area contributed by atoms with E-state index in [0.29, 0.717) is 49.7 Å². The summed E-state index contributed by atoms with van der Waals surface area (Å²) < 4.78 is 57.4. The van der Waals surface area contributed by atoms with E-state index in [1.165, 1.54) is 18.2 Å². The fourth-order valence-corrected chi connectivity index (χ4v) is 7.91. The second kappa shape index (κ2) is 10.6. The lowest BCUT2D eigenvalue weighted by atomic mass is 9.60. The van der Waals surface area contributed by atoms with Crippen molar-refractivity contribution in [1.29, 1.82) is 0 Å². The number of benzene rings is 2. The molecule has 2 aromatic rings. The SMILES string of the molecule is CCCCS(=O)(=O)Nc1ccc2c(c1)S(=O)(=O)N=C(C1C(=O)c3ccccc3C(CCC)(CCC)C1=O)N2. The molecule has 0 spiro atoms. The van der Waals surface area contributed by atoms with Gasteiger partial charge >= 0.3 is 0 Å². The lowest BCUT2D eigenvalue weighted by Crippen LogP contribution is -2.52. The van der Waals surface area contributed by atoms with Crippen LogP contribution in [0.15, 0.2) is 51.8 Å². The molecule has 0 fully saturated rings. The minimum Gasteiger partial charge on any atom is -0.341 e. The third kappa shape index (κ3) is 5.01. The molecule has 2 aromatic carbocycles. The summed E-state index contributed by atoms with van der Waals surface area (Å²) in [5.74, 6) is -2.54. The van der Waals surface area contributed by atoms with Crippen LogP contribution in [0.25, 0.3) is 0 Å². The number of amidine groups is 1. The van der Waals surface area contributed by atoms with Gasteiger partial charge in [-0.15, -0.1) is 4.40 Å². The monoisotopic (exact) mass is 559 g/mol. The molecule has 0 bridgehead atoms. The third-order valence-electron chi connectivity index (χ3n) is 7.11. The molecule has 1 aliphatic carbocycles. The fraction of sp³-hybridized carbons (Fsp3) is 0.444. The summed E-state index contributed by atoms with van der Waals surface area (Å²) in [6.45, 7) is 5.82. The third-order valence-corrected chi connectivity index (χ3v) is 9.82. The number of unbranched alkanes of at least 4 members (excludes halogenated alkanes) is 1. The Balaban J connectivity index is 1.76. The van der Waals surface area contributed by atoms with Crippen molar-refractivity contribution >= 4 is 48.8 Å². The lowest BCUT2D eigenvalue weighted by molar-refractivity contribution is -0.126. The largest absolute Gasteiger partial charge is 0.341 e. The summed E-state index contributed by atoms with van der Waals surface area (Å²) in [5, 5.41) is 2.91. The number of fused-ring (bicyclic) bond motifs is 2. The van der Waals surface area contributed by atoms with E-state index >= 15 is 0 Å². The van der Waals surface area contributed by atoms with Crippen LogP contribution in [0.3, 0.4) is 0 Å². The molecule has 4 rings (SSSR count). The zero-order valence-corrected chi connectivity index (χ0v) is 23.4. The lowest BCUT2D eigenvalue weighted by Gasteiger charge is -2.41. The highest BCUT2D eigenvalue weighted by molar-refractivity contribution is 7.92. The Labute approximate surface area is 224 Å². The van der Waals surface area contributed by atoms with Crippen LogP contribution in [0, 0.1) is 5.92 Å². The summed E-state index contributed by atoms with van der Waals surface area (Å²) >= 11 is 0. The molecule has 0 saturated heterocycles. The maximum absolute atomic E-state index is 14.1. The molecule has 11 heteroatoms. The van der Waals surface area contributed by atoms with Crippen molar-refractivity contribution < 1.29 is 26.4 Å². The van der Waals surface area contributed by atoms with Crippen molar-refractivity contribution in [2.75, 3.05) is 15.8 Å². The molecular formula is C27H33N3O6S2. The minimum atomic E-state index is -4.34. The highest BCUT2D eigenvalue weighted by Gasteiger charge is 2.53. The number of hydrogen-bond donors (Lipinski definition) is 2. The van der Waals surface area contributed by atoms with Crippen molar-refractivity contribution in [2.24, 2.45) is 10.3 Å². The Hall–Kier alpha value is -3.05.